The molecule has 1 aromatic rings. The van der Waals surface area contributed by atoms with Crippen LogP contribution in [0.15, 0.2) is 0 Å². The summed E-state index contributed by atoms with van der Waals surface area (Å²) in [7, 11) is 0. The predicted molar refractivity (Wildman–Crippen MR) is 101 cm³/mol. The average molecular weight is 355 g/mol. The number of hydrogen-bond donors (Lipinski definition) is 2. The van der Waals surface area contributed by atoms with Gasteiger partial charge >= 0.3 is 5.97 Å². The minimum absolute atomic E-state index is 0.237. The molecule has 0 aromatic carbocycles. The molecule has 4 nitrogen and oxygen atoms in total. The molecule has 0 fully saturated rings. The van der Waals surface area contributed by atoms with Gasteiger partial charge in [-0.1, -0.05) is 13.3 Å². The van der Waals surface area contributed by atoms with Crippen LogP contribution in [0.2, 0.25) is 0 Å². The molecular weight excluding hydrogens is 328 g/mol. The molecule has 6 heteroatoms. The highest BCUT2D eigenvalue weighted by Gasteiger charge is 2.26. The third-order valence-electron chi connectivity index (χ3n) is 3.98. The summed E-state index contributed by atoms with van der Waals surface area (Å²) >= 11 is 7.06. The molecule has 0 radical (unpaired) electrons. The van der Waals surface area contributed by atoms with Crippen LogP contribution in [0, 0.1) is 0 Å². The van der Waals surface area contributed by atoms with E-state index in [1.165, 1.54) is 11.3 Å². The number of hydrogen-bond acceptors (Lipinski definition) is 4. The van der Waals surface area contributed by atoms with E-state index in [0.717, 1.165) is 42.7 Å². The Labute approximate surface area is 148 Å². The minimum Gasteiger partial charge on any atom is -0.462 e. The van der Waals surface area contributed by atoms with Gasteiger partial charge in [0.25, 0.3) is 0 Å². The molecule has 1 aliphatic carbocycles. The number of carbonyl (C=O) groups is 1. The van der Waals surface area contributed by atoms with Crippen molar-refractivity contribution in [1.29, 1.82) is 0 Å². The van der Waals surface area contributed by atoms with Crippen LogP contribution in [0.25, 0.3) is 0 Å². The van der Waals surface area contributed by atoms with Gasteiger partial charge in [-0.05, 0) is 63.7 Å². The van der Waals surface area contributed by atoms with Crippen molar-refractivity contribution in [2.75, 3.05) is 11.9 Å². The van der Waals surface area contributed by atoms with Crippen molar-refractivity contribution in [3.05, 3.63) is 16.0 Å². The molecule has 1 atom stereocenters. The summed E-state index contributed by atoms with van der Waals surface area (Å²) in [6, 6.07) is 0.320. The zero-order valence-electron chi connectivity index (χ0n) is 14.2. The van der Waals surface area contributed by atoms with Crippen molar-refractivity contribution in [3.8, 4) is 0 Å². The highest BCUT2D eigenvalue weighted by Crippen LogP contribution is 2.38. The third kappa shape index (κ3) is 4.67. The number of carbonyl (C=O) groups excluding carboxylic acids is 1. The van der Waals surface area contributed by atoms with E-state index >= 15 is 0 Å². The number of ether oxygens (including phenoxy) is 1. The number of esters is 1. The summed E-state index contributed by atoms with van der Waals surface area (Å²) in [5.41, 5.74) is 1.85. The fourth-order valence-electron chi connectivity index (χ4n) is 2.94. The summed E-state index contributed by atoms with van der Waals surface area (Å²) in [6.07, 6.45) is 6.48. The average Bonchev–Trinajstić information content (AvgIpc) is 2.85. The number of thiophene rings is 1. The van der Waals surface area contributed by atoms with Gasteiger partial charge in [0.15, 0.2) is 5.11 Å². The molecule has 0 bridgehead atoms. The van der Waals surface area contributed by atoms with Gasteiger partial charge in [0.05, 0.1) is 12.2 Å². The van der Waals surface area contributed by atoms with Gasteiger partial charge in [0.1, 0.15) is 5.00 Å². The number of aryl methyl sites for hydroxylation is 1. The first-order valence-corrected chi connectivity index (χ1v) is 9.68. The zero-order chi connectivity index (χ0) is 16.8. The quantitative estimate of drug-likeness (QED) is 0.590. The van der Waals surface area contributed by atoms with Crippen LogP contribution in [0.1, 0.15) is 67.3 Å². The van der Waals surface area contributed by atoms with Gasteiger partial charge in [-0.25, -0.2) is 4.79 Å². The van der Waals surface area contributed by atoms with Gasteiger partial charge in [-0.3, -0.25) is 0 Å². The van der Waals surface area contributed by atoms with Crippen molar-refractivity contribution >= 4 is 39.6 Å². The van der Waals surface area contributed by atoms with E-state index in [0.29, 0.717) is 23.3 Å². The topological polar surface area (TPSA) is 50.4 Å². The summed E-state index contributed by atoms with van der Waals surface area (Å²) in [5, 5.41) is 7.93. The van der Waals surface area contributed by atoms with E-state index in [-0.39, 0.29) is 5.97 Å². The number of anilines is 1. The minimum atomic E-state index is -0.237. The van der Waals surface area contributed by atoms with Gasteiger partial charge < -0.3 is 15.4 Å². The highest BCUT2D eigenvalue weighted by molar-refractivity contribution is 7.80. The number of fused-ring (bicyclic) bond motifs is 1. The maximum Gasteiger partial charge on any atom is 0.341 e. The smallest absolute Gasteiger partial charge is 0.341 e. The number of rotatable bonds is 6. The van der Waals surface area contributed by atoms with Crippen molar-refractivity contribution < 1.29 is 9.53 Å². The van der Waals surface area contributed by atoms with E-state index in [9.17, 15) is 4.79 Å². The Morgan fingerprint density at radius 2 is 2.09 bits per heavy atom. The lowest BCUT2D eigenvalue weighted by Crippen LogP contribution is -2.35. The summed E-state index contributed by atoms with van der Waals surface area (Å²) in [4.78, 5) is 13.7. The lowest BCUT2D eigenvalue weighted by Gasteiger charge is -2.16. The molecule has 2 rings (SSSR count). The third-order valence-corrected chi connectivity index (χ3v) is 5.40. The lowest BCUT2D eigenvalue weighted by molar-refractivity contribution is 0.0526. The molecular formula is C17H26N2O2S2. The van der Waals surface area contributed by atoms with E-state index < -0.39 is 0 Å². The second-order valence-electron chi connectivity index (χ2n) is 5.92. The molecule has 1 unspecified atom stereocenters. The van der Waals surface area contributed by atoms with Crippen molar-refractivity contribution in [2.24, 2.45) is 0 Å². The molecule has 1 aliphatic rings. The van der Waals surface area contributed by atoms with Gasteiger partial charge in [0, 0.05) is 10.9 Å². The Balaban J connectivity index is 2.18. The van der Waals surface area contributed by atoms with E-state index in [4.69, 9.17) is 17.0 Å². The molecule has 0 spiro atoms. The molecule has 0 amide bonds. The fourth-order valence-corrected chi connectivity index (χ4v) is 4.59. The van der Waals surface area contributed by atoms with Crippen LogP contribution >= 0.6 is 23.6 Å². The molecule has 128 valence electrons. The highest BCUT2D eigenvalue weighted by atomic mass is 32.1. The molecule has 1 heterocycles. The van der Waals surface area contributed by atoms with E-state index in [1.54, 1.807) is 11.3 Å². The first-order chi connectivity index (χ1) is 11.1. The van der Waals surface area contributed by atoms with Crippen LogP contribution < -0.4 is 10.6 Å². The molecule has 0 aliphatic heterocycles. The Bertz CT molecular complexity index is 569. The standard InChI is InChI=1S/C17H26N2O2S2/c1-4-8-11(3)18-17(22)19-15-14(16(20)21-5-2)12-9-6-7-10-13(12)23-15/h11H,4-10H2,1-3H3,(H2,18,19,22). The zero-order valence-corrected chi connectivity index (χ0v) is 15.8. The molecule has 2 N–H and O–H groups in total. The Hall–Kier alpha value is -1.14. The lowest BCUT2D eigenvalue weighted by atomic mass is 9.95. The van der Waals surface area contributed by atoms with Crippen molar-refractivity contribution in [1.82, 2.24) is 5.32 Å². The maximum atomic E-state index is 12.4. The first kappa shape index (κ1) is 18.2. The van der Waals surface area contributed by atoms with E-state index in [2.05, 4.69) is 24.5 Å². The Kier molecular flexibility index (Phi) is 6.84. The van der Waals surface area contributed by atoms with Gasteiger partial charge in [-0.15, -0.1) is 11.3 Å². The van der Waals surface area contributed by atoms with Crippen molar-refractivity contribution in [3.63, 3.8) is 0 Å². The monoisotopic (exact) mass is 354 g/mol. The second kappa shape index (κ2) is 8.64. The number of thiocarbonyl (C=S) groups is 1. The Morgan fingerprint density at radius 3 is 2.78 bits per heavy atom. The Morgan fingerprint density at radius 1 is 1.35 bits per heavy atom. The summed E-state index contributed by atoms with van der Waals surface area (Å²) < 4.78 is 5.26. The maximum absolute atomic E-state index is 12.4. The largest absolute Gasteiger partial charge is 0.462 e. The first-order valence-electron chi connectivity index (χ1n) is 8.45. The normalized spacial score (nSPS) is 14.7. The van der Waals surface area contributed by atoms with Gasteiger partial charge in [0.2, 0.25) is 0 Å². The van der Waals surface area contributed by atoms with Crippen LogP contribution in [0.3, 0.4) is 0 Å². The van der Waals surface area contributed by atoms with Crippen LogP contribution in [-0.2, 0) is 17.6 Å². The molecule has 0 saturated carbocycles. The van der Waals surface area contributed by atoms with Crippen molar-refractivity contribution in [2.45, 2.75) is 65.3 Å². The molecule has 1 aromatic heterocycles. The molecule has 0 saturated heterocycles. The fraction of sp³-hybridized carbons (Fsp3) is 0.647. The van der Waals surface area contributed by atoms with E-state index in [1.807, 2.05) is 6.92 Å². The van der Waals surface area contributed by atoms with Crippen LogP contribution in [0.5, 0.6) is 0 Å². The molecule has 23 heavy (non-hydrogen) atoms. The summed E-state index contributed by atoms with van der Waals surface area (Å²) in [5.74, 6) is -0.237. The predicted octanol–water partition coefficient (Wildman–Crippen LogP) is 4.28. The van der Waals surface area contributed by atoms with Crippen LogP contribution in [0.4, 0.5) is 5.00 Å². The SMILES string of the molecule is CCCC(C)NC(=S)Nc1sc2c(c1C(=O)OCC)CCCC2. The van der Waals surface area contributed by atoms with Crippen LogP contribution in [-0.4, -0.2) is 23.7 Å². The summed E-state index contributed by atoms with van der Waals surface area (Å²) in [6.45, 7) is 6.49. The second-order valence-corrected chi connectivity index (χ2v) is 7.44. The number of nitrogens with one attached hydrogen (secondary N) is 2. The van der Waals surface area contributed by atoms with Gasteiger partial charge in [-0.2, -0.15) is 0 Å².